The fourth-order valence-electron chi connectivity index (χ4n) is 2.47. The standard InChI is InChI=1S/C19H12ClNO3/c20-12-7-9-13(10-8-12)21-17(16-6-3-11-23-16)19-18(22)14-4-1-2-5-15(14)24-19/h1-11,22H. The smallest absolute Gasteiger partial charge is 0.199 e. The van der Waals surface area contributed by atoms with Gasteiger partial charge in [0.25, 0.3) is 0 Å². The molecule has 24 heavy (non-hydrogen) atoms. The zero-order valence-electron chi connectivity index (χ0n) is 12.4. The Morgan fingerprint density at radius 1 is 0.958 bits per heavy atom. The third-order valence-corrected chi connectivity index (χ3v) is 3.86. The van der Waals surface area contributed by atoms with Gasteiger partial charge >= 0.3 is 0 Å². The summed E-state index contributed by atoms with van der Waals surface area (Å²) in [6, 6.07) is 17.9. The number of halogens is 1. The number of nitrogens with zero attached hydrogens (tertiary/aromatic N) is 1. The Labute approximate surface area is 142 Å². The molecule has 1 N–H and O–H groups in total. The molecule has 0 amide bonds. The van der Waals surface area contributed by atoms with E-state index in [0.717, 1.165) is 0 Å². The molecular formula is C19H12ClNO3. The highest BCUT2D eigenvalue weighted by Crippen LogP contribution is 2.34. The predicted octanol–water partition coefficient (Wildman–Crippen LogP) is 5.55. The lowest BCUT2D eigenvalue weighted by Crippen LogP contribution is -2.00. The molecule has 0 aliphatic heterocycles. The van der Waals surface area contributed by atoms with Gasteiger partial charge in [-0.3, -0.25) is 0 Å². The van der Waals surface area contributed by atoms with Crippen molar-refractivity contribution in [2.75, 3.05) is 0 Å². The molecule has 4 nitrogen and oxygen atoms in total. The first-order valence-electron chi connectivity index (χ1n) is 7.31. The number of aliphatic imine (C=N–C) groups is 1. The Kier molecular flexibility index (Phi) is 3.59. The van der Waals surface area contributed by atoms with Crippen molar-refractivity contribution in [1.82, 2.24) is 0 Å². The highest BCUT2D eigenvalue weighted by Gasteiger charge is 2.21. The van der Waals surface area contributed by atoms with Crippen molar-refractivity contribution >= 4 is 34.0 Å². The number of aromatic hydroxyl groups is 1. The summed E-state index contributed by atoms with van der Waals surface area (Å²) in [4.78, 5) is 4.58. The van der Waals surface area contributed by atoms with Crippen LogP contribution in [0, 0.1) is 0 Å². The maximum atomic E-state index is 10.5. The van der Waals surface area contributed by atoms with Crippen molar-refractivity contribution in [2.24, 2.45) is 4.99 Å². The van der Waals surface area contributed by atoms with Crippen molar-refractivity contribution < 1.29 is 13.9 Å². The Hall–Kier alpha value is -2.98. The lowest BCUT2D eigenvalue weighted by atomic mass is 10.1. The van der Waals surface area contributed by atoms with Gasteiger partial charge in [-0.25, -0.2) is 4.99 Å². The van der Waals surface area contributed by atoms with Crippen LogP contribution in [0.3, 0.4) is 0 Å². The van der Waals surface area contributed by atoms with E-state index in [-0.39, 0.29) is 11.5 Å². The molecule has 0 radical (unpaired) electrons. The lowest BCUT2D eigenvalue weighted by molar-refractivity contribution is 0.459. The topological polar surface area (TPSA) is 58.9 Å². The predicted molar refractivity (Wildman–Crippen MR) is 93.3 cm³/mol. The van der Waals surface area contributed by atoms with Crippen molar-refractivity contribution in [2.45, 2.75) is 0 Å². The Morgan fingerprint density at radius 3 is 2.46 bits per heavy atom. The minimum Gasteiger partial charge on any atom is -0.504 e. The number of benzene rings is 2. The van der Waals surface area contributed by atoms with Crippen LogP contribution >= 0.6 is 11.6 Å². The third-order valence-electron chi connectivity index (χ3n) is 3.61. The summed E-state index contributed by atoms with van der Waals surface area (Å²) in [5.41, 5.74) is 1.67. The van der Waals surface area contributed by atoms with Gasteiger partial charge < -0.3 is 13.9 Å². The summed E-state index contributed by atoms with van der Waals surface area (Å²) in [7, 11) is 0. The number of fused-ring (bicyclic) bond motifs is 1. The molecule has 0 fully saturated rings. The van der Waals surface area contributed by atoms with Gasteiger partial charge in [0.2, 0.25) is 0 Å². The molecule has 118 valence electrons. The second kappa shape index (κ2) is 5.91. The van der Waals surface area contributed by atoms with E-state index in [4.69, 9.17) is 20.4 Å². The lowest BCUT2D eigenvalue weighted by Gasteiger charge is -2.02. The number of hydrogen-bond acceptors (Lipinski definition) is 4. The molecule has 0 atom stereocenters. The summed E-state index contributed by atoms with van der Waals surface area (Å²) >= 11 is 5.92. The van der Waals surface area contributed by atoms with Crippen LogP contribution in [-0.2, 0) is 0 Å². The highest BCUT2D eigenvalue weighted by atomic mass is 35.5. The number of para-hydroxylation sites is 1. The van der Waals surface area contributed by atoms with E-state index < -0.39 is 0 Å². The Morgan fingerprint density at radius 2 is 1.75 bits per heavy atom. The SMILES string of the molecule is Oc1c(C(=Nc2ccc(Cl)cc2)c2ccco2)oc2ccccc12. The van der Waals surface area contributed by atoms with Gasteiger partial charge in [-0.2, -0.15) is 0 Å². The molecular weight excluding hydrogens is 326 g/mol. The van der Waals surface area contributed by atoms with Crippen LogP contribution < -0.4 is 0 Å². The van der Waals surface area contributed by atoms with E-state index in [1.165, 1.54) is 0 Å². The van der Waals surface area contributed by atoms with Gasteiger partial charge in [0.15, 0.2) is 23.0 Å². The quantitative estimate of drug-likeness (QED) is 0.498. The molecule has 2 heterocycles. The minimum atomic E-state index is 0.0368. The monoisotopic (exact) mass is 337 g/mol. The minimum absolute atomic E-state index is 0.0368. The van der Waals surface area contributed by atoms with Gasteiger partial charge in [-0.05, 0) is 48.5 Å². The molecule has 2 aromatic heterocycles. The fraction of sp³-hybridized carbons (Fsp3) is 0. The summed E-state index contributed by atoms with van der Waals surface area (Å²) < 4.78 is 11.3. The maximum absolute atomic E-state index is 10.5. The third kappa shape index (κ3) is 2.57. The maximum Gasteiger partial charge on any atom is 0.199 e. The van der Waals surface area contributed by atoms with Gasteiger partial charge in [-0.15, -0.1) is 0 Å². The molecule has 2 aromatic carbocycles. The second-order valence-corrected chi connectivity index (χ2v) is 5.63. The molecule has 0 aliphatic carbocycles. The van der Waals surface area contributed by atoms with E-state index in [1.807, 2.05) is 12.1 Å². The summed E-state index contributed by atoms with van der Waals surface area (Å²) in [5, 5.41) is 11.8. The molecule has 0 aliphatic rings. The normalized spacial score (nSPS) is 12.0. The fourth-order valence-corrected chi connectivity index (χ4v) is 2.59. The van der Waals surface area contributed by atoms with E-state index >= 15 is 0 Å². The first-order chi connectivity index (χ1) is 11.7. The number of furan rings is 2. The molecule has 4 rings (SSSR count). The van der Waals surface area contributed by atoms with Crippen LogP contribution in [0.5, 0.6) is 5.75 Å². The van der Waals surface area contributed by atoms with Crippen molar-refractivity contribution in [3.05, 3.63) is 83.5 Å². The molecule has 0 spiro atoms. The van der Waals surface area contributed by atoms with E-state index in [0.29, 0.717) is 33.2 Å². The van der Waals surface area contributed by atoms with Crippen LogP contribution in [0.15, 0.2) is 80.8 Å². The Bertz CT molecular complexity index is 1010. The first kappa shape index (κ1) is 14.6. The van der Waals surface area contributed by atoms with Gasteiger partial charge in [0.05, 0.1) is 17.3 Å². The van der Waals surface area contributed by atoms with Crippen LogP contribution in [0.4, 0.5) is 5.69 Å². The molecule has 0 bridgehead atoms. The van der Waals surface area contributed by atoms with Crippen LogP contribution in [0.1, 0.15) is 11.5 Å². The number of hydrogen-bond donors (Lipinski definition) is 1. The second-order valence-electron chi connectivity index (χ2n) is 5.19. The molecule has 0 saturated carbocycles. The summed E-state index contributed by atoms with van der Waals surface area (Å²) in [5.74, 6) is 0.801. The zero-order valence-corrected chi connectivity index (χ0v) is 13.2. The van der Waals surface area contributed by atoms with Gasteiger partial charge in [0, 0.05) is 5.02 Å². The van der Waals surface area contributed by atoms with E-state index in [9.17, 15) is 5.11 Å². The zero-order chi connectivity index (χ0) is 16.5. The highest BCUT2D eigenvalue weighted by molar-refractivity contribution is 6.30. The van der Waals surface area contributed by atoms with E-state index in [2.05, 4.69) is 4.99 Å². The van der Waals surface area contributed by atoms with Crippen LogP contribution in [0.2, 0.25) is 5.02 Å². The largest absolute Gasteiger partial charge is 0.504 e. The van der Waals surface area contributed by atoms with Gasteiger partial charge in [-0.1, -0.05) is 23.7 Å². The molecule has 0 unspecified atom stereocenters. The number of rotatable bonds is 3. The van der Waals surface area contributed by atoms with Crippen molar-refractivity contribution in [1.29, 1.82) is 0 Å². The molecule has 0 saturated heterocycles. The molecule has 5 heteroatoms. The first-order valence-corrected chi connectivity index (χ1v) is 7.69. The van der Waals surface area contributed by atoms with Crippen molar-refractivity contribution in [3.8, 4) is 5.75 Å². The average Bonchev–Trinajstić information content (AvgIpc) is 3.24. The summed E-state index contributed by atoms with van der Waals surface area (Å²) in [6.45, 7) is 0. The van der Waals surface area contributed by atoms with Crippen molar-refractivity contribution in [3.63, 3.8) is 0 Å². The van der Waals surface area contributed by atoms with Crippen LogP contribution in [0.25, 0.3) is 11.0 Å². The van der Waals surface area contributed by atoms with E-state index in [1.54, 1.807) is 54.8 Å². The summed E-state index contributed by atoms with van der Waals surface area (Å²) in [6.07, 6.45) is 1.55. The van der Waals surface area contributed by atoms with Gasteiger partial charge in [0.1, 0.15) is 5.58 Å². The molecule has 4 aromatic rings. The van der Waals surface area contributed by atoms with Crippen LogP contribution in [-0.4, -0.2) is 10.8 Å². The Balaban J connectivity index is 1.92. The average molecular weight is 338 g/mol.